The van der Waals surface area contributed by atoms with Gasteiger partial charge in [-0.2, -0.15) is 0 Å². The summed E-state index contributed by atoms with van der Waals surface area (Å²) in [7, 11) is 0. The smallest absolute Gasteiger partial charge is 0.336 e. The molecule has 0 aromatic carbocycles. The highest BCUT2D eigenvalue weighted by Crippen LogP contribution is 2.00. The predicted octanol–water partition coefficient (Wildman–Crippen LogP) is 6.02. The monoisotopic (exact) mass is 360 g/mol. The molecule has 0 aliphatic heterocycles. The number of carboxylic acids is 1. The molecule has 2 N–H and O–H groups in total. The topological polar surface area (TPSA) is 66.8 Å². The van der Waals surface area contributed by atoms with Crippen LogP contribution in [-0.2, 0) is 9.68 Å². The number of aliphatic carboxylic acids is 1. The molecule has 0 fully saturated rings. The van der Waals surface area contributed by atoms with Gasteiger partial charge in [-0.05, 0) is 38.5 Å². The first-order valence-electron chi connectivity index (χ1n) is 9.15. The fourth-order valence-electron chi connectivity index (χ4n) is 1.93. The quantitative estimate of drug-likeness (QED) is 0.213. The molecular weight excluding hydrogens is 328 g/mol. The third-order valence-electron chi connectivity index (χ3n) is 3.35. The van der Waals surface area contributed by atoms with Crippen LogP contribution in [0.4, 0.5) is 0 Å². The Morgan fingerprint density at radius 2 is 1.08 bits per heavy atom. The average molecular weight is 360 g/mol. The number of hydrogen-bond donors (Lipinski definition) is 2. The number of carbonyl (C=O) groups is 1. The minimum atomic E-state index is -1.19. The molecule has 1 unspecified atom stereocenters. The van der Waals surface area contributed by atoms with E-state index in [0.717, 1.165) is 38.5 Å². The van der Waals surface area contributed by atoms with Crippen molar-refractivity contribution in [2.45, 2.75) is 58.0 Å². The van der Waals surface area contributed by atoms with Crippen LogP contribution in [0.1, 0.15) is 51.9 Å². The minimum absolute atomic E-state index is 0.149. The third kappa shape index (κ3) is 16.7. The van der Waals surface area contributed by atoms with Gasteiger partial charge in [-0.1, -0.05) is 79.8 Å². The first-order chi connectivity index (χ1) is 12.7. The lowest BCUT2D eigenvalue weighted by atomic mass is 10.2. The first-order valence-corrected chi connectivity index (χ1v) is 9.15. The second-order valence-corrected chi connectivity index (χ2v) is 5.58. The second kappa shape index (κ2) is 19.2. The van der Waals surface area contributed by atoms with E-state index in [1.807, 2.05) is 12.2 Å². The van der Waals surface area contributed by atoms with E-state index < -0.39 is 12.1 Å². The molecular formula is C22H32O4. The molecule has 4 heteroatoms. The molecule has 144 valence electrons. The summed E-state index contributed by atoms with van der Waals surface area (Å²) in [5.41, 5.74) is 0. The van der Waals surface area contributed by atoms with Gasteiger partial charge in [-0.25, -0.2) is 9.68 Å². The number of rotatable bonds is 15. The third-order valence-corrected chi connectivity index (χ3v) is 3.35. The van der Waals surface area contributed by atoms with Crippen molar-refractivity contribution in [3.05, 3.63) is 72.9 Å². The van der Waals surface area contributed by atoms with Crippen molar-refractivity contribution in [1.82, 2.24) is 0 Å². The standard InChI is InChI=1S/C22H32O4/c1-2-3-4-5-6-7-8-9-10-11-12-13-14-15-16-17-18-19-20-21(26-25)22(23)24/h3-4,6-7,9-10,12-13,15-16,18-19,21,25H,2,5,8,11,14,17,20H2,1H3,(H,23,24)/b4-3+,7-6+,10-9+,13-12+,16-15+,19-18+. The molecule has 26 heavy (non-hydrogen) atoms. The lowest BCUT2D eigenvalue weighted by molar-refractivity contribution is -0.275. The fraction of sp³-hybridized carbons (Fsp3) is 0.409. The zero-order valence-electron chi connectivity index (χ0n) is 15.7. The van der Waals surface area contributed by atoms with Crippen molar-refractivity contribution in [3.63, 3.8) is 0 Å². The van der Waals surface area contributed by atoms with Crippen LogP contribution in [0, 0.1) is 0 Å². The van der Waals surface area contributed by atoms with Gasteiger partial charge in [0.25, 0.3) is 0 Å². The maximum Gasteiger partial charge on any atom is 0.336 e. The number of carboxylic acid groups (broad SMARTS) is 1. The molecule has 0 aliphatic carbocycles. The fourth-order valence-corrected chi connectivity index (χ4v) is 1.93. The van der Waals surface area contributed by atoms with Crippen molar-refractivity contribution < 1.29 is 20.0 Å². The molecule has 0 radical (unpaired) electrons. The van der Waals surface area contributed by atoms with Crippen LogP contribution in [0.5, 0.6) is 0 Å². The minimum Gasteiger partial charge on any atom is -0.479 e. The molecule has 0 aliphatic rings. The number of hydrogen-bond acceptors (Lipinski definition) is 3. The van der Waals surface area contributed by atoms with Crippen LogP contribution in [0.2, 0.25) is 0 Å². The van der Waals surface area contributed by atoms with Gasteiger partial charge in [0.2, 0.25) is 0 Å². The Kier molecular flexibility index (Phi) is 17.6. The van der Waals surface area contributed by atoms with Gasteiger partial charge in [0.15, 0.2) is 6.10 Å². The highest BCUT2D eigenvalue weighted by Gasteiger charge is 2.15. The van der Waals surface area contributed by atoms with E-state index in [1.54, 1.807) is 6.08 Å². The summed E-state index contributed by atoms with van der Waals surface area (Å²) in [5.74, 6) is -1.17. The van der Waals surface area contributed by atoms with E-state index in [2.05, 4.69) is 66.5 Å². The average Bonchev–Trinajstić information content (AvgIpc) is 2.63. The van der Waals surface area contributed by atoms with Gasteiger partial charge in [0, 0.05) is 6.42 Å². The van der Waals surface area contributed by atoms with Gasteiger partial charge in [-0.15, -0.1) is 0 Å². The zero-order chi connectivity index (χ0) is 19.3. The van der Waals surface area contributed by atoms with Gasteiger partial charge >= 0.3 is 5.97 Å². The van der Waals surface area contributed by atoms with Crippen LogP contribution < -0.4 is 0 Å². The Hall–Kier alpha value is -2.17. The van der Waals surface area contributed by atoms with E-state index >= 15 is 0 Å². The largest absolute Gasteiger partial charge is 0.479 e. The SMILES string of the molecule is CC/C=C/C/C=C/C/C=C/C/C=C/C/C=C/C/C=C/CC(OO)C(=O)O. The molecule has 0 bridgehead atoms. The second-order valence-electron chi connectivity index (χ2n) is 5.58. The first kappa shape index (κ1) is 23.8. The summed E-state index contributed by atoms with van der Waals surface area (Å²) in [6.45, 7) is 2.14. The summed E-state index contributed by atoms with van der Waals surface area (Å²) in [5, 5.41) is 17.1. The molecule has 0 saturated carbocycles. The van der Waals surface area contributed by atoms with Gasteiger partial charge in [-0.3, -0.25) is 5.26 Å². The van der Waals surface area contributed by atoms with E-state index in [-0.39, 0.29) is 6.42 Å². The summed E-state index contributed by atoms with van der Waals surface area (Å²) < 4.78 is 0. The maximum atomic E-state index is 10.6. The molecule has 4 nitrogen and oxygen atoms in total. The molecule has 0 heterocycles. The lowest BCUT2D eigenvalue weighted by Gasteiger charge is -2.03. The van der Waals surface area contributed by atoms with Crippen LogP contribution >= 0.6 is 0 Å². The lowest BCUT2D eigenvalue weighted by Crippen LogP contribution is -2.21. The molecule has 0 aromatic heterocycles. The highest BCUT2D eigenvalue weighted by atomic mass is 17.1. The Bertz CT molecular complexity index is 510. The molecule has 0 spiro atoms. The van der Waals surface area contributed by atoms with Crippen LogP contribution in [0.25, 0.3) is 0 Å². The van der Waals surface area contributed by atoms with E-state index in [1.165, 1.54) is 0 Å². The van der Waals surface area contributed by atoms with Crippen molar-refractivity contribution in [1.29, 1.82) is 0 Å². The Labute approximate surface area is 157 Å². The number of allylic oxidation sites excluding steroid dienone is 11. The van der Waals surface area contributed by atoms with Crippen molar-refractivity contribution in [2.24, 2.45) is 0 Å². The van der Waals surface area contributed by atoms with E-state index in [9.17, 15) is 4.79 Å². The highest BCUT2D eigenvalue weighted by molar-refractivity contribution is 5.72. The normalized spacial score (nSPS) is 14.2. The molecule has 1 atom stereocenters. The Morgan fingerprint density at radius 3 is 1.38 bits per heavy atom. The molecule has 0 saturated heterocycles. The van der Waals surface area contributed by atoms with Gasteiger partial charge < -0.3 is 5.11 Å². The van der Waals surface area contributed by atoms with Gasteiger partial charge in [0.1, 0.15) is 0 Å². The van der Waals surface area contributed by atoms with Crippen molar-refractivity contribution >= 4 is 5.97 Å². The van der Waals surface area contributed by atoms with Crippen molar-refractivity contribution in [2.75, 3.05) is 0 Å². The van der Waals surface area contributed by atoms with Gasteiger partial charge in [0.05, 0.1) is 0 Å². The Morgan fingerprint density at radius 1 is 0.731 bits per heavy atom. The predicted molar refractivity (Wildman–Crippen MR) is 108 cm³/mol. The summed E-state index contributed by atoms with van der Waals surface area (Å²) in [6.07, 6.45) is 29.5. The molecule has 0 aromatic rings. The Balaban J connectivity index is 3.65. The summed E-state index contributed by atoms with van der Waals surface area (Å²) >= 11 is 0. The summed E-state index contributed by atoms with van der Waals surface area (Å²) in [4.78, 5) is 14.4. The molecule has 0 rings (SSSR count). The van der Waals surface area contributed by atoms with Crippen LogP contribution in [-0.4, -0.2) is 22.4 Å². The van der Waals surface area contributed by atoms with Crippen LogP contribution in [0.15, 0.2) is 72.9 Å². The molecule has 0 amide bonds. The van der Waals surface area contributed by atoms with Crippen molar-refractivity contribution in [3.8, 4) is 0 Å². The maximum absolute atomic E-state index is 10.6. The zero-order valence-corrected chi connectivity index (χ0v) is 15.7. The van der Waals surface area contributed by atoms with Crippen LogP contribution in [0.3, 0.4) is 0 Å². The van der Waals surface area contributed by atoms with E-state index in [4.69, 9.17) is 10.4 Å². The van der Waals surface area contributed by atoms with E-state index in [0.29, 0.717) is 0 Å². The summed E-state index contributed by atoms with van der Waals surface area (Å²) in [6, 6.07) is 0.